The van der Waals surface area contributed by atoms with Crippen molar-refractivity contribution in [3.8, 4) is 0 Å². The van der Waals surface area contributed by atoms with E-state index in [0.717, 1.165) is 154 Å². The molecule has 6 nitrogen and oxygen atoms in total. The van der Waals surface area contributed by atoms with Gasteiger partial charge in [0.05, 0.1) is 0 Å². The molecule has 0 saturated heterocycles. The SMILES string of the molecule is CC/C=C\C/C=C\C/C=C\C/C=C\CCCCCCC(=O)OCC(COC(=O)CCCCCC/C=C\C/C=C\C/C=C\C/C=C\CC)OC(=O)CCCCC/C=C\C/C=C\C/C=C\C/C=C\CCCCC. The molecule has 398 valence electrons. The molecular formula is C65H102O6. The fraction of sp³-hybridized carbons (Fsp3) is 0.585. The van der Waals surface area contributed by atoms with Gasteiger partial charge in [-0.1, -0.05) is 212 Å². The van der Waals surface area contributed by atoms with Crippen LogP contribution in [-0.2, 0) is 28.6 Å². The van der Waals surface area contributed by atoms with Crippen LogP contribution in [0.1, 0.15) is 226 Å². The van der Waals surface area contributed by atoms with Gasteiger partial charge in [0.1, 0.15) is 13.2 Å². The normalized spacial score (nSPS) is 12.8. The molecule has 0 aromatic heterocycles. The summed E-state index contributed by atoms with van der Waals surface area (Å²) in [5.41, 5.74) is 0. The smallest absolute Gasteiger partial charge is 0.306 e. The van der Waals surface area contributed by atoms with Crippen molar-refractivity contribution in [1.82, 2.24) is 0 Å². The largest absolute Gasteiger partial charge is 0.462 e. The summed E-state index contributed by atoms with van der Waals surface area (Å²) in [5, 5.41) is 0. The van der Waals surface area contributed by atoms with Gasteiger partial charge >= 0.3 is 17.9 Å². The molecule has 0 fully saturated rings. The van der Waals surface area contributed by atoms with Gasteiger partial charge in [0.25, 0.3) is 0 Å². The minimum atomic E-state index is -0.823. The van der Waals surface area contributed by atoms with Crippen molar-refractivity contribution in [3.63, 3.8) is 0 Å². The Bertz CT molecular complexity index is 1520. The molecule has 0 aromatic rings. The van der Waals surface area contributed by atoms with E-state index in [-0.39, 0.29) is 37.5 Å². The summed E-state index contributed by atoms with van der Waals surface area (Å²) < 4.78 is 16.8. The first-order valence-electron chi connectivity index (χ1n) is 28.3. The fourth-order valence-electron chi connectivity index (χ4n) is 7.11. The van der Waals surface area contributed by atoms with Crippen LogP contribution in [0, 0.1) is 0 Å². The quantitative estimate of drug-likeness (QED) is 0.0262. The van der Waals surface area contributed by atoms with Crippen molar-refractivity contribution in [1.29, 1.82) is 0 Å². The summed E-state index contributed by atoms with van der Waals surface area (Å²) in [4.78, 5) is 38.2. The van der Waals surface area contributed by atoms with Crippen LogP contribution >= 0.6 is 0 Å². The van der Waals surface area contributed by atoms with Crippen LogP contribution in [0.2, 0.25) is 0 Å². The van der Waals surface area contributed by atoms with Gasteiger partial charge in [0, 0.05) is 19.3 Å². The maximum Gasteiger partial charge on any atom is 0.306 e. The Balaban J connectivity index is 4.58. The Morgan fingerprint density at radius 2 is 0.549 bits per heavy atom. The maximum atomic E-state index is 12.9. The van der Waals surface area contributed by atoms with Crippen LogP contribution in [0.3, 0.4) is 0 Å². The van der Waals surface area contributed by atoms with Crippen LogP contribution in [0.25, 0.3) is 0 Å². The zero-order valence-corrected chi connectivity index (χ0v) is 45.4. The Morgan fingerprint density at radius 3 is 0.859 bits per heavy atom. The van der Waals surface area contributed by atoms with Crippen LogP contribution in [0.15, 0.2) is 146 Å². The molecule has 71 heavy (non-hydrogen) atoms. The van der Waals surface area contributed by atoms with E-state index >= 15 is 0 Å². The average molecular weight is 980 g/mol. The van der Waals surface area contributed by atoms with Gasteiger partial charge in [-0.3, -0.25) is 14.4 Å². The summed E-state index contributed by atoms with van der Waals surface area (Å²) >= 11 is 0. The molecule has 0 aliphatic heterocycles. The van der Waals surface area contributed by atoms with Gasteiger partial charge < -0.3 is 14.2 Å². The fourth-order valence-corrected chi connectivity index (χ4v) is 7.11. The zero-order valence-electron chi connectivity index (χ0n) is 45.4. The van der Waals surface area contributed by atoms with Crippen molar-refractivity contribution < 1.29 is 28.6 Å². The highest BCUT2D eigenvalue weighted by molar-refractivity contribution is 5.71. The summed E-state index contributed by atoms with van der Waals surface area (Å²) in [6.45, 7) is 6.30. The molecule has 0 rings (SSSR count). The first-order valence-corrected chi connectivity index (χ1v) is 28.3. The predicted molar refractivity (Wildman–Crippen MR) is 306 cm³/mol. The van der Waals surface area contributed by atoms with E-state index in [1.165, 1.54) is 25.7 Å². The standard InChI is InChI=1S/C65H102O6/c1-4-7-10-13-16-19-22-25-28-31-32-35-38-41-44-47-50-53-56-59-65(68)71-62(60-69-63(66)57-54-51-48-45-42-39-36-33-29-26-23-20-17-14-11-8-5-2)61-70-64(67)58-55-52-49-46-43-40-37-34-30-27-24-21-18-15-12-9-6-3/h8-9,11-12,16-21,25-30,32,35-37,39-41,44,62H,4-7,10,13-15,22-24,31,33-34,38,42-43,45-61H2,1-3H3/b11-8-,12-9-,19-16-,20-17-,21-18-,28-25-,29-26-,30-27-,35-32-,39-36-,40-37-,44-41-. The Hall–Kier alpha value is -4.71. The Labute approximate surface area is 436 Å². The molecular weight excluding hydrogens is 877 g/mol. The van der Waals surface area contributed by atoms with E-state index < -0.39 is 6.10 Å². The number of ether oxygens (including phenoxy) is 3. The molecule has 0 amide bonds. The van der Waals surface area contributed by atoms with Gasteiger partial charge in [-0.25, -0.2) is 0 Å². The molecule has 0 N–H and O–H groups in total. The number of carbonyl (C=O) groups excluding carboxylic acids is 3. The Kier molecular flexibility index (Phi) is 54.0. The highest BCUT2D eigenvalue weighted by Gasteiger charge is 2.19. The molecule has 0 heterocycles. The van der Waals surface area contributed by atoms with Crippen molar-refractivity contribution in [2.45, 2.75) is 232 Å². The van der Waals surface area contributed by atoms with E-state index in [9.17, 15) is 14.4 Å². The average Bonchev–Trinajstić information content (AvgIpc) is 3.37. The molecule has 0 aromatic carbocycles. The molecule has 0 aliphatic rings. The summed E-state index contributed by atoms with van der Waals surface area (Å²) in [5.74, 6) is -1.00. The number of rotatable bonds is 49. The van der Waals surface area contributed by atoms with Gasteiger partial charge in [-0.15, -0.1) is 0 Å². The molecule has 0 radical (unpaired) electrons. The number of unbranched alkanes of at least 4 members (excludes halogenated alkanes) is 14. The second-order valence-electron chi connectivity index (χ2n) is 18.1. The van der Waals surface area contributed by atoms with Crippen molar-refractivity contribution in [3.05, 3.63) is 146 Å². The monoisotopic (exact) mass is 979 g/mol. The molecule has 0 aliphatic carbocycles. The topological polar surface area (TPSA) is 78.9 Å². The summed E-state index contributed by atoms with van der Waals surface area (Å²) in [7, 11) is 0. The predicted octanol–water partition coefficient (Wildman–Crippen LogP) is 19.2. The van der Waals surface area contributed by atoms with E-state index in [1.807, 2.05) is 0 Å². The summed E-state index contributed by atoms with van der Waals surface area (Å²) in [6, 6.07) is 0. The van der Waals surface area contributed by atoms with Crippen LogP contribution < -0.4 is 0 Å². The first kappa shape index (κ1) is 66.3. The maximum absolute atomic E-state index is 12.9. The minimum absolute atomic E-state index is 0.118. The molecule has 0 unspecified atom stereocenters. The van der Waals surface area contributed by atoms with E-state index in [1.54, 1.807) is 0 Å². The lowest BCUT2D eigenvalue weighted by Gasteiger charge is -2.18. The van der Waals surface area contributed by atoms with Gasteiger partial charge in [0.15, 0.2) is 6.10 Å². The number of carbonyl (C=O) groups is 3. The van der Waals surface area contributed by atoms with Gasteiger partial charge in [-0.2, -0.15) is 0 Å². The first-order chi connectivity index (χ1) is 35.0. The van der Waals surface area contributed by atoms with Gasteiger partial charge in [-0.05, 0) is 141 Å². The third kappa shape index (κ3) is 56.1. The third-order valence-electron chi connectivity index (χ3n) is 11.3. The van der Waals surface area contributed by atoms with Crippen molar-refractivity contribution in [2.24, 2.45) is 0 Å². The van der Waals surface area contributed by atoms with Crippen molar-refractivity contribution in [2.75, 3.05) is 13.2 Å². The molecule has 0 saturated carbocycles. The second-order valence-corrected chi connectivity index (χ2v) is 18.1. The molecule has 6 heteroatoms. The Morgan fingerprint density at radius 1 is 0.296 bits per heavy atom. The van der Waals surface area contributed by atoms with E-state index in [4.69, 9.17) is 14.2 Å². The van der Waals surface area contributed by atoms with Crippen LogP contribution in [-0.4, -0.2) is 37.2 Å². The molecule has 0 bridgehead atoms. The minimum Gasteiger partial charge on any atom is -0.462 e. The van der Waals surface area contributed by atoms with E-state index in [0.29, 0.717) is 19.3 Å². The number of allylic oxidation sites excluding steroid dienone is 24. The van der Waals surface area contributed by atoms with Gasteiger partial charge in [0.2, 0.25) is 0 Å². The lowest BCUT2D eigenvalue weighted by molar-refractivity contribution is -0.167. The van der Waals surface area contributed by atoms with Crippen LogP contribution in [0.4, 0.5) is 0 Å². The molecule has 0 spiro atoms. The molecule has 0 atom stereocenters. The third-order valence-corrected chi connectivity index (χ3v) is 11.3. The lowest BCUT2D eigenvalue weighted by atomic mass is 10.1. The van der Waals surface area contributed by atoms with E-state index in [2.05, 4.69) is 167 Å². The summed E-state index contributed by atoms with van der Waals surface area (Å²) in [6.07, 6.45) is 82.6. The number of hydrogen-bond donors (Lipinski definition) is 0. The number of esters is 3. The zero-order chi connectivity index (χ0) is 51.4. The number of hydrogen-bond acceptors (Lipinski definition) is 6. The van der Waals surface area contributed by atoms with Crippen LogP contribution in [0.5, 0.6) is 0 Å². The highest BCUT2D eigenvalue weighted by atomic mass is 16.6. The second kappa shape index (κ2) is 57.9. The lowest BCUT2D eigenvalue weighted by Crippen LogP contribution is -2.30. The van der Waals surface area contributed by atoms with Crippen molar-refractivity contribution >= 4 is 17.9 Å². The highest BCUT2D eigenvalue weighted by Crippen LogP contribution is 2.12.